The molecule has 0 heterocycles. The Labute approximate surface area is 179 Å². The maximum absolute atomic E-state index is 12.2. The molecule has 31 heavy (non-hydrogen) atoms. The summed E-state index contributed by atoms with van der Waals surface area (Å²) in [6, 6.07) is 5.50. The molecule has 0 aliphatic carbocycles. The van der Waals surface area contributed by atoms with Crippen LogP contribution < -0.4 is 10.7 Å². The van der Waals surface area contributed by atoms with Gasteiger partial charge in [0.15, 0.2) is 0 Å². The molecular formula is C20H28N4O7. The van der Waals surface area contributed by atoms with Crippen molar-refractivity contribution in [1.29, 1.82) is 0 Å². The zero-order chi connectivity index (χ0) is 23.4. The number of aliphatic carboxylic acids is 3. The van der Waals surface area contributed by atoms with E-state index in [9.17, 15) is 24.3 Å². The highest BCUT2D eigenvalue weighted by atomic mass is 16.4. The fourth-order valence-corrected chi connectivity index (χ4v) is 2.73. The molecule has 1 unspecified atom stereocenters. The van der Waals surface area contributed by atoms with Crippen molar-refractivity contribution in [3.63, 3.8) is 0 Å². The number of hydrogen-bond donors (Lipinski definition) is 5. The fourth-order valence-electron chi connectivity index (χ4n) is 2.73. The molecule has 0 aliphatic heterocycles. The number of rotatable bonds is 14. The summed E-state index contributed by atoms with van der Waals surface area (Å²) in [5.74, 6) is -4.19. The summed E-state index contributed by atoms with van der Waals surface area (Å²) in [6.07, 6.45) is 0.876. The van der Waals surface area contributed by atoms with Crippen LogP contribution in [-0.2, 0) is 14.4 Å². The largest absolute Gasteiger partial charge is 0.480 e. The van der Waals surface area contributed by atoms with E-state index in [1.54, 1.807) is 24.3 Å². The van der Waals surface area contributed by atoms with Crippen molar-refractivity contribution in [2.75, 3.05) is 25.1 Å². The van der Waals surface area contributed by atoms with Gasteiger partial charge in [-0.05, 0) is 57.4 Å². The number of unbranched alkanes of at least 4 members (excludes halogenated alkanes) is 1. The number of carbonyl (C=O) groups is 4. The molecule has 0 saturated heterocycles. The first-order valence-electron chi connectivity index (χ1n) is 9.65. The van der Waals surface area contributed by atoms with Crippen LogP contribution in [0.4, 0.5) is 5.69 Å². The molecule has 5 N–H and O–H groups in total. The zero-order valence-corrected chi connectivity index (χ0v) is 17.5. The second-order valence-corrected chi connectivity index (χ2v) is 7.05. The molecule has 0 aromatic heterocycles. The van der Waals surface area contributed by atoms with E-state index in [4.69, 9.17) is 10.2 Å². The number of anilines is 1. The molecule has 0 spiro atoms. The lowest BCUT2D eigenvalue weighted by molar-refractivity contribution is -0.149. The van der Waals surface area contributed by atoms with Crippen LogP contribution in [0.15, 0.2) is 29.4 Å². The molecular weight excluding hydrogens is 408 g/mol. The lowest BCUT2D eigenvalue weighted by Crippen LogP contribution is -2.46. The summed E-state index contributed by atoms with van der Waals surface area (Å²) in [6.45, 7) is 2.62. The number of hydrazone groups is 1. The van der Waals surface area contributed by atoms with Gasteiger partial charge < -0.3 is 20.6 Å². The number of hydrogen-bond acceptors (Lipinski definition) is 7. The minimum Gasteiger partial charge on any atom is -0.480 e. The Morgan fingerprint density at radius 3 is 2.03 bits per heavy atom. The summed E-state index contributed by atoms with van der Waals surface area (Å²) < 4.78 is 0. The lowest BCUT2D eigenvalue weighted by atomic mass is 10.1. The summed E-state index contributed by atoms with van der Waals surface area (Å²) in [4.78, 5) is 46.4. The molecule has 0 radical (unpaired) electrons. The molecule has 1 aromatic carbocycles. The number of carbonyl (C=O) groups excluding carboxylic acids is 1. The number of carboxylic acids is 3. The van der Waals surface area contributed by atoms with Crippen molar-refractivity contribution in [3.05, 3.63) is 29.8 Å². The van der Waals surface area contributed by atoms with Gasteiger partial charge in [0.2, 0.25) is 0 Å². The Balaban J connectivity index is 2.49. The van der Waals surface area contributed by atoms with Crippen LogP contribution in [0.1, 0.15) is 43.5 Å². The third-order valence-electron chi connectivity index (χ3n) is 4.15. The van der Waals surface area contributed by atoms with Gasteiger partial charge in [-0.2, -0.15) is 5.10 Å². The summed E-state index contributed by atoms with van der Waals surface area (Å²) in [7, 11) is 0. The Morgan fingerprint density at radius 2 is 1.55 bits per heavy atom. The summed E-state index contributed by atoms with van der Waals surface area (Å²) >= 11 is 0. The van der Waals surface area contributed by atoms with Gasteiger partial charge in [-0.15, -0.1) is 0 Å². The third kappa shape index (κ3) is 10.2. The van der Waals surface area contributed by atoms with E-state index in [0.29, 0.717) is 24.9 Å². The summed E-state index contributed by atoms with van der Waals surface area (Å²) in [5.41, 5.74) is 4.91. The first kappa shape index (κ1) is 25.6. The summed E-state index contributed by atoms with van der Waals surface area (Å²) in [5, 5.41) is 33.9. The fraction of sp³-hybridized carbons (Fsp3) is 0.450. The third-order valence-corrected chi connectivity index (χ3v) is 4.15. The van der Waals surface area contributed by atoms with E-state index in [1.807, 2.05) is 13.8 Å². The minimum atomic E-state index is -1.31. The highest BCUT2D eigenvalue weighted by Gasteiger charge is 2.28. The van der Waals surface area contributed by atoms with Gasteiger partial charge in [-0.1, -0.05) is 0 Å². The highest BCUT2D eigenvalue weighted by Crippen LogP contribution is 2.11. The number of carboxylic acid groups (broad SMARTS) is 3. The second-order valence-electron chi connectivity index (χ2n) is 7.05. The number of amides is 1. The molecule has 170 valence electrons. The van der Waals surface area contributed by atoms with Crippen LogP contribution in [0.2, 0.25) is 0 Å². The Bertz CT molecular complexity index is 788. The number of benzene rings is 1. The first-order chi connectivity index (χ1) is 14.6. The van der Waals surface area contributed by atoms with E-state index < -0.39 is 37.0 Å². The molecule has 0 fully saturated rings. The normalized spacial score (nSPS) is 11.5. The van der Waals surface area contributed by atoms with Gasteiger partial charge >= 0.3 is 17.9 Å². The van der Waals surface area contributed by atoms with E-state index in [0.717, 1.165) is 16.3 Å². The maximum Gasteiger partial charge on any atom is 0.320 e. The van der Waals surface area contributed by atoms with E-state index in [2.05, 4.69) is 15.8 Å². The Morgan fingerprint density at radius 1 is 0.968 bits per heavy atom. The van der Waals surface area contributed by atoms with Crippen LogP contribution in [-0.4, -0.2) is 75.4 Å². The van der Waals surface area contributed by atoms with Crippen LogP contribution in [0.3, 0.4) is 0 Å². The monoisotopic (exact) mass is 436 g/mol. The van der Waals surface area contributed by atoms with Crippen molar-refractivity contribution in [2.24, 2.45) is 5.10 Å². The SMILES string of the molecule is CC(C)=NNc1ccc(C(=O)NCCCCC(C(=O)O)N(CC(=O)O)CC(=O)O)cc1. The minimum absolute atomic E-state index is 0.0590. The predicted molar refractivity (Wildman–Crippen MR) is 113 cm³/mol. The second kappa shape index (κ2) is 13.0. The quantitative estimate of drug-likeness (QED) is 0.164. The van der Waals surface area contributed by atoms with Crippen molar-refractivity contribution >= 4 is 35.2 Å². The van der Waals surface area contributed by atoms with Crippen molar-refractivity contribution < 1.29 is 34.5 Å². The van der Waals surface area contributed by atoms with Gasteiger partial charge in [0.05, 0.1) is 18.8 Å². The van der Waals surface area contributed by atoms with Crippen LogP contribution in [0.25, 0.3) is 0 Å². The first-order valence-corrected chi connectivity index (χ1v) is 9.65. The topological polar surface area (TPSA) is 169 Å². The van der Waals surface area contributed by atoms with Gasteiger partial charge in [-0.25, -0.2) is 0 Å². The van der Waals surface area contributed by atoms with E-state index >= 15 is 0 Å². The van der Waals surface area contributed by atoms with Crippen LogP contribution in [0.5, 0.6) is 0 Å². The number of nitrogens with zero attached hydrogens (tertiary/aromatic N) is 2. The highest BCUT2D eigenvalue weighted by molar-refractivity contribution is 5.94. The van der Waals surface area contributed by atoms with E-state index in [1.165, 1.54) is 0 Å². The van der Waals surface area contributed by atoms with Gasteiger partial charge in [0.1, 0.15) is 6.04 Å². The molecule has 0 saturated carbocycles. The lowest BCUT2D eigenvalue weighted by Gasteiger charge is -2.25. The molecule has 1 rings (SSSR count). The Kier molecular flexibility index (Phi) is 10.7. The molecule has 1 atom stereocenters. The Hall–Kier alpha value is -3.47. The van der Waals surface area contributed by atoms with Crippen molar-refractivity contribution in [3.8, 4) is 0 Å². The predicted octanol–water partition coefficient (Wildman–Crippen LogP) is 1.32. The molecule has 0 aliphatic rings. The molecule has 11 heteroatoms. The average Bonchev–Trinajstić information content (AvgIpc) is 2.67. The van der Waals surface area contributed by atoms with Gasteiger partial charge in [0.25, 0.3) is 5.91 Å². The number of nitrogens with one attached hydrogen (secondary N) is 2. The van der Waals surface area contributed by atoms with E-state index in [-0.39, 0.29) is 12.3 Å². The smallest absolute Gasteiger partial charge is 0.320 e. The molecule has 1 aromatic rings. The van der Waals surface area contributed by atoms with Crippen molar-refractivity contribution in [1.82, 2.24) is 10.2 Å². The maximum atomic E-state index is 12.2. The van der Waals surface area contributed by atoms with Crippen LogP contribution in [0, 0.1) is 0 Å². The molecule has 11 nitrogen and oxygen atoms in total. The zero-order valence-electron chi connectivity index (χ0n) is 17.5. The van der Waals surface area contributed by atoms with Crippen molar-refractivity contribution in [2.45, 2.75) is 39.2 Å². The molecule has 0 bridgehead atoms. The average molecular weight is 436 g/mol. The van der Waals surface area contributed by atoms with Gasteiger partial charge in [0, 0.05) is 17.8 Å². The van der Waals surface area contributed by atoms with Gasteiger partial charge in [-0.3, -0.25) is 29.5 Å². The molecule has 1 amide bonds. The van der Waals surface area contributed by atoms with Crippen LogP contribution >= 0.6 is 0 Å². The standard InChI is InChI=1S/C20H28N4O7/c1-13(2)22-23-15-8-6-14(7-9-15)19(29)21-10-4-3-5-16(20(30)31)24(11-17(25)26)12-18(27)28/h6-9,16,23H,3-5,10-12H2,1-2H3,(H,21,29)(H,25,26)(H,27,28)(H,30,31).